The van der Waals surface area contributed by atoms with Crippen LogP contribution in [0.15, 0.2) is 24.3 Å². The van der Waals surface area contributed by atoms with E-state index in [-0.39, 0.29) is 11.2 Å². The zero-order chi connectivity index (χ0) is 10.2. The first-order chi connectivity index (χ1) is 6.74. The summed E-state index contributed by atoms with van der Waals surface area (Å²) in [5.74, 6) is 0.398. The molecule has 2 atom stereocenters. The summed E-state index contributed by atoms with van der Waals surface area (Å²) in [5.41, 5.74) is 6.55. The lowest BCUT2D eigenvalue weighted by molar-refractivity contribution is 0.529. The molecule has 0 spiro atoms. The van der Waals surface area contributed by atoms with Gasteiger partial charge in [0.05, 0.1) is 0 Å². The van der Waals surface area contributed by atoms with E-state index in [4.69, 9.17) is 5.73 Å². The molecule has 2 rings (SSSR count). The lowest BCUT2D eigenvalue weighted by Gasteiger charge is -2.15. The molecule has 0 heterocycles. The molecule has 1 aromatic carbocycles. The van der Waals surface area contributed by atoms with Gasteiger partial charge in [0.2, 0.25) is 0 Å². The average Bonchev–Trinajstić information content (AvgIpc) is 2.93. The van der Waals surface area contributed by atoms with E-state index in [1.54, 1.807) is 12.1 Å². The van der Waals surface area contributed by atoms with Crippen molar-refractivity contribution >= 4 is 0 Å². The van der Waals surface area contributed by atoms with Crippen LogP contribution in [-0.2, 0) is 5.41 Å². The van der Waals surface area contributed by atoms with Gasteiger partial charge in [-0.2, -0.15) is 0 Å². The first kappa shape index (κ1) is 9.66. The van der Waals surface area contributed by atoms with Crippen molar-refractivity contribution in [3.8, 4) is 0 Å². The Morgan fingerprint density at radius 2 is 2.21 bits per heavy atom. The summed E-state index contributed by atoms with van der Waals surface area (Å²) in [6.07, 6.45) is 2.02. The lowest BCUT2D eigenvalue weighted by Crippen LogP contribution is -2.15. The molecular weight excluding hydrogens is 177 g/mol. The second kappa shape index (κ2) is 3.35. The van der Waals surface area contributed by atoms with Crippen molar-refractivity contribution in [3.63, 3.8) is 0 Å². The molecule has 0 amide bonds. The van der Waals surface area contributed by atoms with E-state index in [2.05, 4.69) is 6.92 Å². The Morgan fingerprint density at radius 3 is 2.71 bits per heavy atom. The maximum atomic E-state index is 13.6. The van der Waals surface area contributed by atoms with E-state index in [0.717, 1.165) is 18.4 Å². The van der Waals surface area contributed by atoms with E-state index < -0.39 is 0 Å². The fraction of sp³-hybridized carbons (Fsp3) is 0.500. The molecule has 76 valence electrons. The highest BCUT2D eigenvalue weighted by atomic mass is 19.1. The van der Waals surface area contributed by atoms with Gasteiger partial charge in [0.25, 0.3) is 0 Å². The Morgan fingerprint density at radius 1 is 1.50 bits per heavy atom. The minimum Gasteiger partial charge on any atom is -0.330 e. The van der Waals surface area contributed by atoms with Crippen molar-refractivity contribution in [1.82, 2.24) is 0 Å². The van der Waals surface area contributed by atoms with Gasteiger partial charge in [0.1, 0.15) is 5.82 Å². The van der Waals surface area contributed by atoms with Gasteiger partial charge in [-0.15, -0.1) is 0 Å². The monoisotopic (exact) mass is 193 g/mol. The Bertz CT molecular complexity index is 337. The minimum absolute atomic E-state index is 0.0418. The number of nitrogens with two attached hydrogens (primary N) is 1. The zero-order valence-corrected chi connectivity index (χ0v) is 8.46. The molecule has 1 fully saturated rings. The van der Waals surface area contributed by atoms with Crippen LogP contribution in [0, 0.1) is 11.7 Å². The summed E-state index contributed by atoms with van der Waals surface area (Å²) in [6.45, 7) is 2.78. The van der Waals surface area contributed by atoms with Crippen LogP contribution in [0.3, 0.4) is 0 Å². The van der Waals surface area contributed by atoms with Crippen LogP contribution in [0.2, 0.25) is 0 Å². The predicted octanol–water partition coefficient (Wildman–Crippen LogP) is 2.45. The molecular formula is C12H16FN. The SMILES string of the molecule is CCC1(c2ccccc2F)CC1CN. The summed E-state index contributed by atoms with van der Waals surface area (Å²) in [7, 11) is 0. The van der Waals surface area contributed by atoms with Crippen molar-refractivity contribution in [2.75, 3.05) is 6.54 Å². The standard InChI is InChI=1S/C12H16FN/c1-2-12(7-9(12)8-14)10-5-3-4-6-11(10)13/h3-6,9H,2,7-8,14H2,1H3. The van der Waals surface area contributed by atoms with Crippen molar-refractivity contribution in [1.29, 1.82) is 0 Å². The van der Waals surface area contributed by atoms with Gasteiger partial charge < -0.3 is 5.73 Å². The van der Waals surface area contributed by atoms with Crippen molar-refractivity contribution in [2.24, 2.45) is 11.7 Å². The maximum Gasteiger partial charge on any atom is 0.126 e. The van der Waals surface area contributed by atoms with Gasteiger partial charge in [0.15, 0.2) is 0 Å². The Hall–Kier alpha value is -0.890. The van der Waals surface area contributed by atoms with Crippen LogP contribution in [-0.4, -0.2) is 6.54 Å². The Labute approximate surface area is 84.1 Å². The molecule has 2 heteroatoms. The van der Waals surface area contributed by atoms with E-state index >= 15 is 0 Å². The van der Waals surface area contributed by atoms with E-state index in [9.17, 15) is 4.39 Å². The molecule has 1 aromatic rings. The molecule has 0 bridgehead atoms. The van der Waals surface area contributed by atoms with Crippen LogP contribution in [0.1, 0.15) is 25.3 Å². The number of hydrogen-bond donors (Lipinski definition) is 1. The molecule has 0 aliphatic heterocycles. The van der Waals surface area contributed by atoms with Crippen LogP contribution >= 0.6 is 0 Å². The Balaban J connectivity index is 2.35. The normalized spacial score (nSPS) is 30.4. The first-order valence-corrected chi connectivity index (χ1v) is 5.19. The second-order valence-corrected chi connectivity index (χ2v) is 4.13. The highest BCUT2D eigenvalue weighted by Crippen LogP contribution is 2.56. The van der Waals surface area contributed by atoms with Crippen molar-refractivity contribution < 1.29 is 4.39 Å². The summed E-state index contributed by atoms with van der Waals surface area (Å²) in [5, 5.41) is 0. The molecule has 14 heavy (non-hydrogen) atoms. The van der Waals surface area contributed by atoms with Gasteiger partial charge in [-0.05, 0) is 36.9 Å². The van der Waals surface area contributed by atoms with E-state index in [1.807, 2.05) is 12.1 Å². The molecule has 0 aromatic heterocycles. The van der Waals surface area contributed by atoms with Crippen molar-refractivity contribution in [2.45, 2.75) is 25.2 Å². The van der Waals surface area contributed by atoms with E-state index in [0.29, 0.717) is 12.5 Å². The molecule has 2 unspecified atom stereocenters. The van der Waals surface area contributed by atoms with Gasteiger partial charge in [-0.25, -0.2) is 4.39 Å². The average molecular weight is 193 g/mol. The van der Waals surface area contributed by atoms with Gasteiger partial charge in [-0.1, -0.05) is 25.1 Å². The maximum absolute atomic E-state index is 13.6. The third kappa shape index (κ3) is 1.25. The molecule has 0 radical (unpaired) electrons. The largest absolute Gasteiger partial charge is 0.330 e. The third-order valence-corrected chi connectivity index (χ3v) is 3.56. The van der Waals surface area contributed by atoms with Crippen LogP contribution in [0.4, 0.5) is 4.39 Å². The van der Waals surface area contributed by atoms with Gasteiger partial charge in [0, 0.05) is 5.41 Å². The highest BCUT2D eigenvalue weighted by molar-refractivity contribution is 5.34. The molecule has 2 N–H and O–H groups in total. The smallest absolute Gasteiger partial charge is 0.126 e. The topological polar surface area (TPSA) is 26.0 Å². The lowest BCUT2D eigenvalue weighted by atomic mass is 9.90. The summed E-state index contributed by atoms with van der Waals surface area (Å²) in [6, 6.07) is 7.08. The number of hydrogen-bond acceptors (Lipinski definition) is 1. The fourth-order valence-corrected chi connectivity index (χ4v) is 2.51. The van der Waals surface area contributed by atoms with Gasteiger partial charge in [-0.3, -0.25) is 0 Å². The predicted molar refractivity (Wildman–Crippen MR) is 55.5 cm³/mol. The highest BCUT2D eigenvalue weighted by Gasteiger charge is 2.53. The zero-order valence-electron chi connectivity index (χ0n) is 8.46. The Kier molecular flexibility index (Phi) is 2.31. The quantitative estimate of drug-likeness (QED) is 0.784. The minimum atomic E-state index is -0.0784. The molecule has 0 saturated heterocycles. The molecule has 1 aliphatic carbocycles. The fourth-order valence-electron chi connectivity index (χ4n) is 2.51. The first-order valence-electron chi connectivity index (χ1n) is 5.19. The van der Waals surface area contributed by atoms with Crippen LogP contribution in [0.25, 0.3) is 0 Å². The number of benzene rings is 1. The van der Waals surface area contributed by atoms with Crippen LogP contribution in [0.5, 0.6) is 0 Å². The summed E-state index contributed by atoms with van der Waals surface area (Å²) < 4.78 is 13.6. The van der Waals surface area contributed by atoms with E-state index in [1.165, 1.54) is 0 Å². The van der Waals surface area contributed by atoms with Gasteiger partial charge >= 0.3 is 0 Å². The summed E-state index contributed by atoms with van der Waals surface area (Å²) >= 11 is 0. The third-order valence-electron chi connectivity index (χ3n) is 3.56. The number of halogens is 1. The molecule has 1 aliphatic rings. The second-order valence-electron chi connectivity index (χ2n) is 4.13. The number of rotatable bonds is 3. The van der Waals surface area contributed by atoms with Crippen LogP contribution < -0.4 is 5.73 Å². The molecule has 1 saturated carbocycles. The summed E-state index contributed by atoms with van der Waals surface area (Å²) in [4.78, 5) is 0. The van der Waals surface area contributed by atoms with Crippen molar-refractivity contribution in [3.05, 3.63) is 35.6 Å². The molecule has 1 nitrogen and oxygen atoms in total.